The fourth-order valence-corrected chi connectivity index (χ4v) is 1.65. The molecule has 8 nitrogen and oxygen atoms in total. The molecule has 0 aliphatic rings. The SMILES string of the molecule is COP(=O)(OC)OC[C@H](O)CNC(=O)OC(C)(C)C. The zero-order valence-corrected chi connectivity index (χ0v) is 12.7. The van der Waals surface area contributed by atoms with Crippen molar-refractivity contribution in [2.75, 3.05) is 27.4 Å². The molecule has 0 bridgehead atoms. The van der Waals surface area contributed by atoms with Crippen LogP contribution in [0.2, 0.25) is 0 Å². The molecule has 0 saturated carbocycles. The number of amides is 1. The maximum atomic E-state index is 11.5. The van der Waals surface area contributed by atoms with E-state index >= 15 is 0 Å². The molecule has 19 heavy (non-hydrogen) atoms. The van der Waals surface area contributed by atoms with E-state index in [-0.39, 0.29) is 13.2 Å². The van der Waals surface area contributed by atoms with Crippen molar-refractivity contribution in [1.29, 1.82) is 0 Å². The topological polar surface area (TPSA) is 103 Å². The maximum Gasteiger partial charge on any atom is 0.474 e. The molecule has 114 valence electrons. The van der Waals surface area contributed by atoms with Crippen LogP contribution in [-0.4, -0.2) is 50.3 Å². The largest absolute Gasteiger partial charge is 0.474 e. The Labute approximate surface area is 113 Å². The van der Waals surface area contributed by atoms with Gasteiger partial charge in [0.2, 0.25) is 0 Å². The van der Waals surface area contributed by atoms with Crippen LogP contribution in [0.4, 0.5) is 4.79 Å². The van der Waals surface area contributed by atoms with Gasteiger partial charge in [-0.15, -0.1) is 0 Å². The number of aliphatic hydroxyl groups excluding tert-OH is 1. The molecule has 1 atom stereocenters. The highest BCUT2D eigenvalue weighted by atomic mass is 31.2. The minimum atomic E-state index is -3.62. The predicted octanol–water partition coefficient (Wildman–Crippen LogP) is 1.29. The van der Waals surface area contributed by atoms with Gasteiger partial charge < -0.3 is 15.2 Å². The normalized spacial score (nSPS) is 14.0. The van der Waals surface area contributed by atoms with Crippen molar-refractivity contribution in [2.24, 2.45) is 0 Å². The van der Waals surface area contributed by atoms with Crippen molar-refractivity contribution in [3.05, 3.63) is 0 Å². The van der Waals surface area contributed by atoms with Gasteiger partial charge >= 0.3 is 13.9 Å². The molecule has 0 aromatic rings. The molecule has 0 aromatic heterocycles. The lowest BCUT2D eigenvalue weighted by Gasteiger charge is -2.21. The minimum Gasteiger partial charge on any atom is -0.444 e. The Morgan fingerprint density at radius 2 is 1.84 bits per heavy atom. The minimum absolute atomic E-state index is 0.109. The van der Waals surface area contributed by atoms with E-state index in [1.807, 2.05) is 0 Å². The summed E-state index contributed by atoms with van der Waals surface area (Å²) < 4.78 is 30.3. The molecule has 0 aliphatic carbocycles. The highest BCUT2D eigenvalue weighted by Gasteiger charge is 2.24. The summed E-state index contributed by atoms with van der Waals surface area (Å²) in [6.07, 6.45) is -1.72. The third-order valence-electron chi connectivity index (χ3n) is 1.75. The number of phosphoric ester groups is 1. The number of ether oxygens (including phenoxy) is 1. The molecule has 0 unspecified atom stereocenters. The Morgan fingerprint density at radius 1 is 1.32 bits per heavy atom. The lowest BCUT2D eigenvalue weighted by molar-refractivity contribution is 0.0434. The van der Waals surface area contributed by atoms with E-state index in [1.165, 1.54) is 0 Å². The zero-order valence-electron chi connectivity index (χ0n) is 11.8. The Bertz CT molecular complexity index is 320. The summed E-state index contributed by atoms with van der Waals surface area (Å²) in [7, 11) is -1.30. The molecule has 0 aliphatic heterocycles. The number of hydrogen-bond donors (Lipinski definition) is 2. The number of carbonyl (C=O) groups excluding carboxylic acids is 1. The Morgan fingerprint density at radius 3 is 2.26 bits per heavy atom. The number of alkyl carbamates (subject to hydrolysis) is 1. The molecule has 0 rings (SSSR count). The van der Waals surface area contributed by atoms with Crippen LogP contribution in [0.5, 0.6) is 0 Å². The van der Waals surface area contributed by atoms with Gasteiger partial charge in [-0.3, -0.25) is 13.6 Å². The van der Waals surface area contributed by atoms with Crippen LogP contribution in [-0.2, 0) is 22.9 Å². The van der Waals surface area contributed by atoms with Crippen LogP contribution in [0.25, 0.3) is 0 Å². The summed E-state index contributed by atoms with van der Waals surface area (Å²) in [6.45, 7) is 4.75. The fraction of sp³-hybridized carbons (Fsp3) is 0.900. The highest BCUT2D eigenvalue weighted by molar-refractivity contribution is 7.48. The number of aliphatic hydroxyl groups is 1. The van der Waals surface area contributed by atoms with E-state index in [4.69, 9.17) is 9.26 Å². The zero-order chi connectivity index (χ0) is 15.1. The van der Waals surface area contributed by atoms with Gasteiger partial charge in [0, 0.05) is 20.8 Å². The van der Waals surface area contributed by atoms with Gasteiger partial charge in [-0.05, 0) is 20.8 Å². The van der Waals surface area contributed by atoms with E-state index in [2.05, 4.69) is 14.4 Å². The second-order valence-corrected chi connectivity index (χ2v) is 6.53. The summed E-state index contributed by atoms with van der Waals surface area (Å²) in [5.74, 6) is 0. The van der Waals surface area contributed by atoms with Crippen LogP contribution < -0.4 is 5.32 Å². The van der Waals surface area contributed by atoms with E-state index in [0.717, 1.165) is 14.2 Å². The van der Waals surface area contributed by atoms with Crippen LogP contribution >= 0.6 is 7.82 Å². The summed E-state index contributed by atoms with van der Waals surface area (Å²) >= 11 is 0. The second-order valence-electron chi connectivity index (χ2n) is 4.64. The molecule has 1 amide bonds. The van der Waals surface area contributed by atoms with Gasteiger partial charge in [0.05, 0.1) is 12.7 Å². The molecule has 0 radical (unpaired) electrons. The first-order valence-corrected chi connectivity index (χ1v) is 7.09. The maximum absolute atomic E-state index is 11.5. The quantitative estimate of drug-likeness (QED) is 0.683. The molecule has 0 heterocycles. The Kier molecular flexibility index (Phi) is 7.54. The number of rotatable bonds is 7. The third-order valence-corrected chi connectivity index (χ3v) is 3.11. The second kappa shape index (κ2) is 7.81. The van der Waals surface area contributed by atoms with Crippen molar-refractivity contribution < 1.29 is 32.8 Å². The first-order chi connectivity index (χ1) is 8.62. The number of hydrogen-bond acceptors (Lipinski definition) is 7. The molecule has 0 spiro atoms. The van der Waals surface area contributed by atoms with Gasteiger partial charge in [0.25, 0.3) is 0 Å². The van der Waals surface area contributed by atoms with Crippen LogP contribution in [0.15, 0.2) is 0 Å². The van der Waals surface area contributed by atoms with E-state index < -0.39 is 25.6 Å². The van der Waals surface area contributed by atoms with Crippen molar-refractivity contribution in [3.63, 3.8) is 0 Å². The number of phosphoric acid groups is 1. The Hall–Kier alpha value is -0.660. The first kappa shape index (κ1) is 18.3. The van der Waals surface area contributed by atoms with Gasteiger partial charge in [-0.25, -0.2) is 9.36 Å². The van der Waals surface area contributed by atoms with Gasteiger partial charge in [-0.1, -0.05) is 0 Å². The average molecular weight is 299 g/mol. The number of carbonyl (C=O) groups is 1. The monoisotopic (exact) mass is 299 g/mol. The van der Waals surface area contributed by atoms with Crippen LogP contribution in [0, 0.1) is 0 Å². The van der Waals surface area contributed by atoms with Gasteiger partial charge in [-0.2, -0.15) is 0 Å². The molecule has 2 N–H and O–H groups in total. The molecule has 9 heteroatoms. The smallest absolute Gasteiger partial charge is 0.444 e. The first-order valence-electron chi connectivity index (χ1n) is 5.63. The predicted molar refractivity (Wildman–Crippen MR) is 67.8 cm³/mol. The van der Waals surface area contributed by atoms with Crippen LogP contribution in [0.3, 0.4) is 0 Å². The van der Waals surface area contributed by atoms with Crippen molar-refractivity contribution in [3.8, 4) is 0 Å². The van der Waals surface area contributed by atoms with E-state index in [9.17, 15) is 14.5 Å². The highest BCUT2D eigenvalue weighted by Crippen LogP contribution is 2.47. The summed E-state index contributed by atoms with van der Waals surface area (Å²) in [4.78, 5) is 11.3. The van der Waals surface area contributed by atoms with Crippen molar-refractivity contribution in [2.45, 2.75) is 32.5 Å². The molecule has 0 aromatic carbocycles. The van der Waals surface area contributed by atoms with Gasteiger partial charge in [0.1, 0.15) is 5.60 Å². The molecule has 0 fully saturated rings. The van der Waals surface area contributed by atoms with Crippen molar-refractivity contribution >= 4 is 13.9 Å². The molecular weight excluding hydrogens is 277 g/mol. The fourth-order valence-electron chi connectivity index (χ4n) is 0.932. The molecule has 0 saturated heterocycles. The summed E-state index contributed by atoms with van der Waals surface area (Å²) in [6, 6.07) is 0. The van der Waals surface area contributed by atoms with E-state index in [0.29, 0.717) is 0 Å². The van der Waals surface area contributed by atoms with Gasteiger partial charge in [0.15, 0.2) is 0 Å². The summed E-state index contributed by atoms with van der Waals surface area (Å²) in [5, 5.41) is 11.9. The lowest BCUT2D eigenvalue weighted by Crippen LogP contribution is -2.38. The van der Waals surface area contributed by atoms with E-state index in [1.54, 1.807) is 20.8 Å². The standard InChI is InChI=1S/C10H22NO7P/c1-10(2,3)18-9(13)11-6-8(12)7-17-19(14,15-4)16-5/h8,12H,6-7H2,1-5H3,(H,11,13)/t8-/m1/s1. The lowest BCUT2D eigenvalue weighted by atomic mass is 10.2. The van der Waals surface area contributed by atoms with Crippen molar-refractivity contribution in [1.82, 2.24) is 5.32 Å². The number of nitrogens with one attached hydrogen (secondary N) is 1. The molecular formula is C10H22NO7P. The Balaban J connectivity index is 3.97. The third kappa shape index (κ3) is 8.96. The average Bonchev–Trinajstić information content (AvgIpc) is 2.31. The summed E-state index contributed by atoms with van der Waals surface area (Å²) in [5.41, 5.74) is -0.618. The van der Waals surface area contributed by atoms with Crippen LogP contribution in [0.1, 0.15) is 20.8 Å².